The lowest BCUT2D eigenvalue weighted by molar-refractivity contribution is -0.123. The van der Waals surface area contributed by atoms with Crippen LogP contribution in [0.25, 0.3) is 0 Å². The second-order valence-corrected chi connectivity index (χ2v) is 6.57. The molecule has 25 heavy (non-hydrogen) atoms. The van der Waals surface area contributed by atoms with E-state index in [9.17, 15) is 14.0 Å². The van der Waals surface area contributed by atoms with Gasteiger partial charge < -0.3 is 4.74 Å². The fraction of sp³-hybridized carbons (Fsp3) is 0.263. The Morgan fingerprint density at radius 1 is 0.960 bits per heavy atom. The van der Waals surface area contributed by atoms with E-state index in [4.69, 9.17) is 4.74 Å². The number of amides is 2. The van der Waals surface area contributed by atoms with Crippen LogP contribution in [0.1, 0.15) is 36.7 Å². The molecule has 132 valence electrons. The zero-order valence-electron chi connectivity index (χ0n) is 14.4. The molecule has 0 radical (unpaired) electrons. The minimum Gasteiger partial charge on any atom is -0.484 e. The van der Waals surface area contributed by atoms with Crippen LogP contribution in [0.4, 0.5) is 4.39 Å². The Balaban J connectivity index is 1.80. The van der Waals surface area contributed by atoms with Crippen molar-refractivity contribution in [1.29, 1.82) is 0 Å². The second-order valence-electron chi connectivity index (χ2n) is 6.57. The summed E-state index contributed by atoms with van der Waals surface area (Å²) < 4.78 is 17.9. The van der Waals surface area contributed by atoms with Gasteiger partial charge in [-0.3, -0.25) is 20.4 Å². The molecule has 2 aromatic carbocycles. The van der Waals surface area contributed by atoms with Crippen LogP contribution in [0.3, 0.4) is 0 Å². The molecule has 0 aliphatic carbocycles. The SMILES string of the molecule is CC(C)(C)c1ccc(C(=O)NNC(=O)COc2ccc(F)cc2)cc1. The monoisotopic (exact) mass is 344 g/mol. The lowest BCUT2D eigenvalue weighted by Gasteiger charge is -2.19. The molecule has 2 N–H and O–H groups in total. The molecule has 0 fully saturated rings. The Hall–Kier alpha value is -2.89. The van der Waals surface area contributed by atoms with Crippen molar-refractivity contribution in [3.05, 3.63) is 65.5 Å². The summed E-state index contributed by atoms with van der Waals surface area (Å²) in [5, 5.41) is 0. The summed E-state index contributed by atoms with van der Waals surface area (Å²) in [7, 11) is 0. The number of rotatable bonds is 4. The highest BCUT2D eigenvalue weighted by atomic mass is 19.1. The van der Waals surface area contributed by atoms with Crippen LogP contribution < -0.4 is 15.6 Å². The van der Waals surface area contributed by atoms with Gasteiger partial charge in [-0.05, 0) is 47.4 Å². The van der Waals surface area contributed by atoms with Gasteiger partial charge in [-0.15, -0.1) is 0 Å². The highest BCUT2D eigenvalue weighted by Crippen LogP contribution is 2.22. The standard InChI is InChI=1S/C19H21FN2O3/c1-19(2,3)14-6-4-13(5-7-14)18(24)22-21-17(23)12-25-16-10-8-15(20)9-11-16/h4-11H,12H2,1-3H3,(H,21,23)(H,22,24). The van der Waals surface area contributed by atoms with E-state index in [1.54, 1.807) is 12.1 Å². The van der Waals surface area contributed by atoms with Gasteiger partial charge in [0.1, 0.15) is 11.6 Å². The minimum absolute atomic E-state index is 0.000907. The van der Waals surface area contributed by atoms with Gasteiger partial charge in [0.15, 0.2) is 6.61 Å². The first-order valence-corrected chi connectivity index (χ1v) is 7.84. The highest BCUT2D eigenvalue weighted by molar-refractivity contribution is 5.95. The quantitative estimate of drug-likeness (QED) is 0.838. The lowest BCUT2D eigenvalue weighted by atomic mass is 9.87. The molecule has 0 saturated heterocycles. The van der Waals surface area contributed by atoms with Gasteiger partial charge in [-0.2, -0.15) is 0 Å². The molecular formula is C19H21FN2O3. The molecule has 0 aliphatic heterocycles. The highest BCUT2D eigenvalue weighted by Gasteiger charge is 2.14. The Morgan fingerprint density at radius 3 is 2.12 bits per heavy atom. The summed E-state index contributed by atoms with van der Waals surface area (Å²) >= 11 is 0. The second kappa shape index (κ2) is 7.79. The summed E-state index contributed by atoms with van der Waals surface area (Å²) in [5.41, 5.74) is 6.14. The Labute approximate surface area is 146 Å². The van der Waals surface area contributed by atoms with Crippen molar-refractivity contribution >= 4 is 11.8 Å². The van der Waals surface area contributed by atoms with Gasteiger partial charge in [0.2, 0.25) is 0 Å². The number of benzene rings is 2. The first-order chi connectivity index (χ1) is 11.8. The molecule has 0 saturated carbocycles. The van der Waals surface area contributed by atoms with Crippen molar-refractivity contribution in [3.8, 4) is 5.75 Å². The molecule has 0 heterocycles. The summed E-state index contributed by atoms with van der Waals surface area (Å²) in [5.74, 6) is -0.971. The number of carbonyl (C=O) groups is 2. The molecule has 2 amide bonds. The number of halogens is 1. The molecule has 0 aromatic heterocycles. The van der Waals surface area contributed by atoms with E-state index in [1.807, 2.05) is 12.1 Å². The van der Waals surface area contributed by atoms with Gasteiger partial charge in [0.25, 0.3) is 11.8 Å². The molecule has 6 heteroatoms. The van der Waals surface area contributed by atoms with Crippen LogP contribution in [0, 0.1) is 5.82 Å². The maximum Gasteiger partial charge on any atom is 0.276 e. The van der Waals surface area contributed by atoms with Crippen LogP contribution in [0.15, 0.2) is 48.5 Å². The molecule has 0 atom stereocenters. The van der Waals surface area contributed by atoms with Crippen molar-refractivity contribution in [2.45, 2.75) is 26.2 Å². The van der Waals surface area contributed by atoms with E-state index < -0.39 is 11.8 Å². The molecule has 0 unspecified atom stereocenters. The lowest BCUT2D eigenvalue weighted by Crippen LogP contribution is -2.43. The number of hydrogen-bond acceptors (Lipinski definition) is 3. The summed E-state index contributed by atoms with van der Waals surface area (Å²) in [6.45, 7) is 5.96. The van der Waals surface area contributed by atoms with Gasteiger partial charge in [-0.1, -0.05) is 32.9 Å². The van der Waals surface area contributed by atoms with Crippen molar-refractivity contribution in [1.82, 2.24) is 10.9 Å². The Morgan fingerprint density at radius 2 is 1.56 bits per heavy atom. The molecule has 2 aromatic rings. The maximum absolute atomic E-state index is 12.8. The van der Waals surface area contributed by atoms with E-state index in [0.29, 0.717) is 11.3 Å². The Bertz CT molecular complexity index is 735. The number of hydrogen-bond donors (Lipinski definition) is 2. The van der Waals surface area contributed by atoms with Crippen molar-refractivity contribution in [2.24, 2.45) is 0 Å². The summed E-state index contributed by atoms with van der Waals surface area (Å²) in [4.78, 5) is 23.7. The van der Waals surface area contributed by atoms with Crippen LogP contribution in [-0.4, -0.2) is 18.4 Å². The molecule has 5 nitrogen and oxygen atoms in total. The van der Waals surface area contributed by atoms with E-state index >= 15 is 0 Å². The van der Waals surface area contributed by atoms with Gasteiger partial charge >= 0.3 is 0 Å². The third-order valence-corrected chi connectivity index (χ3v) is 3.51. The van der Waals surface area contributed by atoms with Crippen molar-refractivity contribution in [3.63, 3.8) is 0 Å². The number of hydrazine groups is 1. The predicted molar refractivity (Wildman–Crippen MR) is 92.6 cm³/mol. The van der Waals surface area contributed by atoms with E-state index in [1.165, 1.54) is 24.3 Å². The van der Waals surface area contributed by atoms with E-state index in [0.717, 1.165) is 5.56 Å². The van der Waals surface area contributed by atoms with Gasteiger partial charge in [0.05, 0.1) is 0 Å². The van der Waals surface area contributed by atoms with E-state index in [-0.39, 0.29) is 17.8 Å². The van der Waals surface area contributed by atoms with Crippen LogP contribution in [0.5, 0.6) is 5.75 Å². The van der Waals surface area contributed by atoms with Crippen molar-refractivity contribution < 1.29 is 18.7 Å². The topological polar surface area (TPSA) is 67.4 Å². The molecular weight excluding hydrogens is 323 g/mol. The first kappa shape index (κ1) is 18.4. The van der Waals surface area contributed by atoms with Crippen LogP contribution in [0.2, 0.25) is 0 Å². The third kappa shape index (κ3) is 5.60. The fourth-order valence-electron chi connectivity index (χ4n) is 2.04. The predicted octanol–water partition coefficient (Wildman–Crippen LogP) is 2.96. The third-order valence-electron chi connectivity index (χ3n) is 3.51. The number of nitrogens with one attached hydrogen (secondary N) is 2. The largest absolute Gasteiger partial charge is 0.484 e. The van der Waals surface area contributed by atoms with Gasteiger partial charge in [-0.25, -0.2) is 4.39 Å². The molecule has 0 bridgehead atoms. The molecule has 0 spiro atoms. The zero-order chi connectivity index (χ0) is 18.4. The number of ether oxygens (including phenoxy) is 1. The first-order valence-electron chi connectivity index (χ1n) is 7.84. The van der Waals surface area contributed by atoms with E-state index in [2.05, 4.69) is 31.6 Å². The molecule has 0 aliphatic rings. The Kier molecular flexibility index (Phi) is 5.75. The smallest absolute Gasteiger partial charge is 0.276 e. The average Bonchev–Trinajstić information content (AvgIpc) is 2.58. The summed E-state index contributed by atoms with van der Waals surface area (Å²) in [6, 6.07) is 12.5. The maximum atomic E-state index is 12.8. The van der Waals surface area contributed by atoms with Gasteiger partial charge in [0, 0.05) is 5.56 Å². The normalized spacial score (nSPS) is 10.9. The van der Waals surface area contributed by atoms with Crippen LogP contribution >= 0.6 is 0 Å². The zero-order valence-corrected chi connectivity index (χ0v) is 14.4. The van der Waals surface area contributed by atoms with Crippen LogP contribution in [-0.2, 0) is 10.2 Å². The fourth-order valence-corrected chi connectivity index (χ4v) is 2.04. The molecule has 2 rings (SSSR count). The average molecular weight is 344 g/mol. The number of carbonyl (C=O) groups excluding carboxylic acids is 2. The van der Waals surface area contributed by atoms with Crippen molar-refractivity contribution in [2.75, 3.05) is 6.61 Å². The summed E-state index contributed by atoms with van der Waals surface area (Å²) in [6.07, 6.45) is 0. The minimum atomic E-state index is -0.524.